The topological polar surface area (TPSA) is 61.6 Å². The molecule has 10 heteroatoms. The van der Waals surface area contributed by atoms with Gasteiger partial charge in [0.05, 0.1) is 0 Å². The minimum Gasteiger partial charge on any atom is -0.366 e. The molecule has 2 aliphatic heterocycles. The van der Waals surface area contributed by atoms with E-state index in [-0.39, 0.29) is 11.7 Å². The molecule has 0 amide bonds. The smallest absolute Gasteiger partial charge is 0.366 e. The molecule has 1 N–H and O–H groups in total. The molecule has 148 valence electrons. The Morgan fingerprint density at radius 2 is 1.70 bits per heavy atom. The van der Waals surface area contributed by atoms with Crippen molar-refractivity contribution in [2.45, 2.75) is 43.9 Å². The molecule has 2 aromatic heterocycles. The van der Waals surface area contributed by atoms with E-state index in [0.717, 1.165) is 43.5 Å². The molecule has 4 heterocycles. The number of anilines is 1. The number of hydrogen-bond donors (Lipinski definition) is 1. The van der Waals surface area contributed by atoms with Crippen molar-refractivity contribution < 1.29 is 13.2 Å². The lowest BCUT2D eigenvalue weighted by Gasteiger charge is -2.41. The number of halogens is 3. The van der Waals surface area contributed by atoms with Gasteiger partial charge in [-0.15, -0.1) is 15.3 Å². The van der Waals surface area contributed by atoms with Crippen LogP contribution in [0.4, 0.5) is 19.0 Å². The van der Waals surface area contributed by atoms with Crippen LogP contribution in [0.3, 0.4) is 0 Å². The summed E-state index contributed by atoms with van der Waals surface area (Å²) in [7, 11) is 2.16. The first-order valence-electron chi connectivity index (χ1n) is 9.39. The number of hydrogen-bond acceptors (Lipinski definition) is 6. The lowest BCUT2D eigenvalue weighted by atomic mass is 9.98. The Balaban J connectivity index is 1.37. The number of alkyl halides is 3. The van der Waals surface area contributed by atoms with Crippen LogP contribution in [-0.4, -0.2) is 74.9 Å². The highest BCUT2D eigenvalue weighted by Gasteiger charge is 2.37. The first kappa shape index (κ1) is 18.4. The van der Waals surface area contributed by atoms with Crippen molar-refractivity contribution in [2.75, 3.05) is 38.5 Å². The van der Waals surface area contributed by atoms with Gasteiger partial charge in [-0.25, -0.2) is 0 Å². The Bertz CT molecular complexity index is 774. The number of likely N-dealkylation sites (tertiary alicyclic amines) is 2. The number of aromatic nitrogens is 4. The van der Waals surface area contributed by atoms with Gasteiger partial charge in [0.25, 0.3) is 5.82 Å². The van der Waals surface area contributed by atoms with Gasteiger partial charge in [0.2, 0.25) is 0 Å². The zero-order valence-electron chi connectivity index (χ0n) is 15.3. The fourth-order valence-corrected chi connectivity index (χ4v) is 4.02. The molecule has 2 aromatic rings. The maximum Gasteiger partial charge on any atom is 0.453 e. The molecule has 0 spiro atoms. The number of rotatable bonds is 3. The van der Waals surface area contributed by atoms with E-state index in [9.17, 15) is 13.2 Å². The molecule has 4 rings (SSSR count). The zero-order valence-corrected chi connectivity index (χ0v) is 15.3. The molecule has 0 unspecified atom stereocenters. The molecule has 0 radical (unpaired) electrons. The van der Waals surface area contributed by atoms with Crippen molar-refractivity contribution in [3.05, 3.63) is 18.0 Å². The summed E-state index contributed by atoms with van der Waals surface area (Å²) < 4.78 is 39.7. The van der Waals surface area contributed by atoms with Crippen LogP contribution < -0.4 is 5.32 Å². The van der Waals surface area contributed by atoms with Gasteiger partial charge in [0.1, 0.15) is 5.82 Å². The molecule has 0 bridgehead atoms. The molecule has 2 fully saturated rings. The summed E-state index contributed by atoms with van der Waals surface area (Å²) in [5.41, 5.74) is 0.0879. The standard InChI is InChI=1S/C17H24F3N7/c1-25-8-6-13(7-9-25)26-10-4-12(5-11-26)21-14-2-3-15-22-23-16(17(18,19)20)27(15)24-14/h2-3,12-13H,4-11H2,1H3,(H,21,24). The van der Waals surface area contributed by atoms with Gasteiger partial charge in [-0.2, -0.15) is 17.7 Å². The van der Waals surface area contributed by atoms with Crippen molar-refractivity contribution in [3.63, 3.8) is 0 Å². The Kier molecular flexibility index (Phi) is 4.94. The second-order valence-electron chi connectivity index (χ2n) is 7.50. The molecule has 2 saturated heterocycles. The van der Waals surface area contributed by atoms with Crippen LogP contribution in [-0.2, 0) is 6.18 Å². The molecular formula is C17H24F3N7. The van der Waals surface area contributed by atoms with E-state index in [1.165, 1.54) is 18.9 Å². The van der Waals surface area contributed by atoms with Crippen LogP contribution in [0.25, 0.3) is 5.65 Å². The minimum atomic E-state index is -4.58. The van der Waals surface area contributed by atoms with Crippen LogP contribution in [0.5, 0.6) is 0 Å². The van der Waals surface area contributed by atoms with E-state index in [1.54, 1.807) is 6.07 Å². The highest BCUT2D eigenvalue weighted by molar-refractivity contribution is 5.44. The third-order valence-corrected chi connectivity index (χ3v) is 5.60. The summed E-state index contributed by atoms with van der Waals surface area (Å²) in [6.07, 6.45) is -0.244. The van der Waals surface area contributed by atoms with Gasteiger partial charge in [0.15, 0.2) is 5.65 Å². The van der Waals surface area contributed by atoms with Crippen LogP contribution in [0.15, 0.2) is 12.1 Å². The third kappa shape index (κ3) is 4.01. The number of piperidine rings is 2. The van der Waals surface area contributed by atoms with Crippen molar-refractivity contribution in [3.8, 4) is 0 Å². The Labute approximate surface area is 155 Å². The fourth-order valence-electron chi connectivity index (χ4n) is 4.02. The van der Waals surface area contributed by atoms with Crippen LogP contribution >= 0.6 is 0 Å². The number of nitrogens with one attached hydrogen (secondary N) is 1. The third-order valence-electron chi connectivity index (χ3n) is 5.60. The lowest BCUT2D eigenvalue weighted by Crippen LogP contribution is -2.48. The molecule has 0 saturated carbocycles. The monoisotopic (exact) mass is 383 g/mol. The lowest BCUT2D eigenvalue weighted by molar-refractivity contribution is -0.146. The molecule has 2 aliphatic rings. The largest absolute Gasteiger partial charge is 0.453 e. The van der Waals surface area contributed by atoms with Crippen LogP contribution in [0, 0.1) is 0 Å². The second kappa shape index (κ2) is 7.23. The second-order valence-corrected chi connectivity index (χ2v) is 7.50. The van der Waals surface area contributed by atoms with Crippen LogP contribution in [0.2, 0.25) is 0 Å². The molecule has 0 atom stereocenters. The van der Waals surface area contributed by atoms with E-state index in [0.29, 0.717) is 11.9 Å². The van der Waals surface area contributed by atoms with E-state index in [1.807, 2.05) is 0 Å². The van der Waals surface area contributed by atoms with Gasteiger partial charge >= 0.3 is 6.18 Å². The van der Waals surface area contributed by atoms with E-state index in [2.05, 4.69) is 37.5 Å². The molecule has 7 nitrogen and oxygen atoms in total. The van der Waals surface area contributed by atoms with Gasteiger partial charge in [-0.3, -0.25) is 0 Å². The van der Waals surface area contributed by atoms with Crippen molar-refractivity contribution in [2.24, 2.45) is 0 Å². The van der Waals surface area contributed by atoms with Crippen molar-refractivity contribution >= 4 is 11.5 Å². The predicted octanol–water partition coefficient (Wildman–Crippen LogP) is 2.11. The summed E-state index contributed by atoms with van der Waals surface area (Å²) in [5.74, 6) is -0.677. The predicted molar refractivity (Wildman–Crippen MR) is 94.5 cm³/mol. The summed E-state index contributed by atoms with van der Waals surface area (Å²) in [5, 5.41) is 14.1. The van der Waals surface area contributed by atoms with Gasteiger partial charge in [-0.05, 0) is 58.0 Å². The Morgan fingerprint density at radius 1 is 1.00 bits per heavy atom. The average molecular weight is 383 g/mol. The highest BCUT2D eigenvalue weighted by atomic mass is 19.4. The van der Waals surface area contributed by atoms with Gasteiger partial charge < -0.3 is 15.1 Å². The van der Waals surface area contributed by atoms with Crippen molar-refractivity contribution in [1.29, 1.82) is 0 Å². The highest BCUT2D eigenvalue weighted by Crippen LogP contribution is 2.28. The maximum absolute atomic E-state index is 13.0. The molecule has 0 aromatic carbocycles. The Morgan fingerprint density at radius 3 is 2.37 bits per heavy atom. The summed E-state index contributed by atoms with van der Waals surface area (Å²) in [4.78, 5) is 4.93. The van der Waals surface area contributed by atoms with E-state index >= 15 is 0 Å². The molecule has 0 aliphatic carbocycles. The first-order valence-corrected chi connectivity index (χ1v) is 9.39. The normalized spacial score (nSPS) is 21.8. The van der Waals surface area contributed by atoms with E-state index in [4.69, 9.17) is 0 Å². The summed E-state index contributed by atoms with van der Waals surface area (Å²) in [6.45, 7) is 4.31. The molecular weight excluding hydrogens is 359 g/mol. The Hall–Kier alpha value is -1.94. The first-order chi connectivity index (χ1) is 12.9. The minimum absolute atomic E-state index is 0.0879. The molecule has 27 heavy (non-hydrogen) atoms. The average Bonchev–Trinajstić information content (AvgIpc) is 3.07. The van der Waals surface area contributed by atoms with Gasteiger partial charge in [-0.1, -0.05) is 0 Å². The number of fused-ring (bicyclic) bond motifs is 1. The fraction of sp³-hybridized carbons (Fsp3) is 0.706. The summed E-state index contributed by atoms with van der Waals surface area (Å²) >= 11 is 0. The van der Waals surface area contributed by atoms with E-state index < -0.39 is 12.0 Å². The van der Waals surface area contributed by atoms with Gasteiger partial charge in [0, 0.05) is 25.2 Å². The number of nitrogens with zero attached hydrogens (tertiary/aromatic N) is 6. The maximum atomic E-state index is 13.0. The quantitative estimate of drug-likeness (QED) is 0.876. The summed E-state index contributed by atoms with van der Waals surface area (Å²) in [6, 6.07) is 4.03. The van der Waals surface area contributed by atoms with Crippen molar-refractivity contribution in [1.82, 2.24) is 29.6 Å². The SMILES string of the molecule is CN1CCC(N2CCC(Nc3ccc4nnc(C(F)(F)F)n4n3)CC2)CC1. The zero-order chi connectivity index (χ0) is 19.0. The van der Waals surface area contributed by atoms with Crippen LogP contribution in [0.1, 0.15) is 31.5 Å².